The molecule has 0 saturated heterocycles. The summed E-state index contributed by atoms with van der Waals surface area (Å²) in [7, 11) is 3.24. The Morgan fingerprint density at radius 2 is 1.96 bits per heavy atom. The van der Waals surface area contributed by atoms with Gasteiger partial charge < -0.3 is 20.1 Å². The Hall–Kier alpha value is -1.83. The molecule has 2 heterocycles. The molecule has 2 aromatic rings. The van der Waals surface area contributed by atoms with Gasteiger partial charge in [0.2, 0.25) is 0 Å². The Morgan fingerprint density at radius 3 is 2.60 bits per heavy atom. The van der Waals surface area contributed by atoms with Crippen molar-refractivity contribution in [1.82, 2.24) is 9.88 Å². The smallest absolute Gasteiger partial charge is 0.273 e. The first kappa shape index (κ1) is 19.5. The molecular formula is C17H22ClN3O3S. The number of benzene rings is 1. The minimum absolute atomic E-state index is 0. The molecule has 2 N–H and O–H groups in total. The van der Waals surface area contributed by atoms with Crippen LogP contribution in [0.4, 0.5) is 0 Å². The van der Waals surface area contributed by atoms with Crippen LogP contribution in [0.5, 0.6) is 11.5 Å². The number of hydrogen-bond donors (Lipinski definition) is 1. The molecule has 0 saturated carbocycles. The van der Waals surface area contributed by atoms with Gasteiger partial charge in [0.25, 0.3) is 5.91 Å². The highest BCUT2D eigenvalue weighted by Gasteiger charge is 2.25. The normalized spacial score (nSPS) is 13.0. The van der Waals surface area contributed by atoms with E-state index in [-0.39, 0.29) is 18.3 Å². The molecule has 0 atom stereocenters. The third kappa shape index (κ3) is 4.05. The van der Waals surface area contributed by atoms with E-state index >= 15 is 0 Å². The number of ether oxygens (including phenoxy) is 2. The van der Waals surface area contributed by atoms with Gasteiger partial charge in [0, 0.05) is 24.9 Å². The summed E-state index contributed by atoms with van der Waals surface area (Å²) in [6.45, 7) is 1.77. The molecule has 0 bridgehead atoms. The third-order valence-electron chi connectivity index (χ3n) is 4.13. The van der Waals surface area contributed by atoms with E-state index in [4.69, 9.17) is 15.2 Å². The van der Waals surface area contributed by atoms with Crippen molar-refractivity contribution in [2.75, 3.05) is 27.3 Å². The van der Waals surface area contributed by atoms with Gasteiger partial charge in [-0.25, -0.2) is 4.98 Å². The molecule has 0 fully saturated rings. The van der Waals surface area contributed by atoms with Crippen molar-refractivity contribution in [3.63, 3.8) is 0 Å². The van der Waals surface area contributed by atoms with Crippen LogP contribution in [0.25, 0.3) is 0 Å². The van der Waals surface area contributed by atoms with Crippen molar-refractivity contribution >= 4 is 29.7 Å². The van der Waals surface area contributed by atoms with Crippen LogP contribution in [0.3, 0.4) is 0 Å². The number of carbonyl (C=O) groups excluding carboxylic acids is 1. The fourth-order valence-corrected chi connectivity index (χ4v) is 3.65. The lowest BCUT2D eigenvalue weighted by atomic mass is 9.98. The van der Waals surface area contributed by atoms with Crippen molar-refractivity contribution in [3.05, 3.63) is 39.3 Å². The number of fused-ring (bicyclic) bond motifs is 1. The Labute approximate surface area is 157 Å². The molecule has 1 aliphatic rings. The number of amides is 1. The van der Waals surface area contributed by atoms with E-state index in [2.05, 4.69) is 4.98 Å². The second-order valence-electron chi connectivity index (χ2n) is 5.62. The molecule has 1 aliphatic heterocycles. The standard InChI is InChI=1S/C17H21N3O3S.ClH/c1-22-14-7-11-4-6-20(9-12(11)8-15(14)23-2)17(21)13-10-24-16(19-13)3-5-18;/h7-8,10H,3-6,9,18H2,1-2H3;1H. The second-order valence-corrected chi connectivity index (χ2v) is 6.56. The maximum absolute atomic E-state index is 12.7. The zero-order chi connectivity index (χ0) is 17.1. The van der Waals surface area contributed by atoms with Crippen molar-refractivity contribution in [1.29, 1.82) is 0 Å². The number of nitrogens with zero attached hydrogens (tertiary/aromatic N) is 2. The molecule has 3 rings (SSSR count). The quantitative estimate of drug-likeness (QED) is 0.857. The van der Waals surface area contributed by atoms with Crippen LogP contribution in [0.15, 0.2) is 17.5 Å². The lowest BCUT2D eigenvalue weighted by Gasteiger charge is -2.29. The van der Waals surface area contributed by atoms with E-state index in [1.807, 2.05) is 22.4 Å². The van der Waals surface area contributed by atoms with E-state index in [1.54, 1.807) is 14.2 Å². The number of thiazole rings is 1. The summed E-state index contributed by atoms with van der Waals surface area (Å²) in [5.74, 6) is 1.38. The molecule has 0 unspecified atom stereocenters. The van der Waals surface area contributed by atoms with E-state index in [0.29, 0.717) is 37.5 Å². The van der Waals surface area contributed by atoms with E-state index < -0.39 is 0 Å². The highest BCUT2D eigenvalue weighted by atomic mass is 35.5. The highest BCUT2D eigenvalue weighted by Crippen LogP contribution is 2.33. The number of methoxy groups -OCH3 is 2. The van der Waals surface area contributed by atoms with Gasteiger partial charge in [0.15, 0.2) is 11.5 Å². The average Bonchev–Trinajstić information content (AvgIpc) is 3.08. The van der Waals surface area contributed by atoms with Crippen LogP contribution >= 0.6 is 23.7 Å². The number of halogens is 1. The lowest BCUT2D eigenvalue weighted by Crippen LogP contribution is -2.36. The van der Waals surface area contributed by atoms with Gasteiger partial charge >= 0.3 is 0 Å². The van der Waals surface area contributed by atoms with Crippen LogP contribution in [0, 0.1) is 0 Å². The van der Waals surface area contributed by atoms with Gasteiger partial charge in [-0.2, -0.15) is 0 Å². The van der Waals surface area contributed by atoms with Crippen molar-refractivity contribution in [3.8, 4) is 11.5 Å². The van der Waals surface area contributed by atoms with Gasteiger partial charge in [-0.05, 0) is 36.2 Å². The number of hydrogen-bond acceptors (Lipinski definition) is 6. The largest absolute Gasteiger partial charge is 0.493 e. The molecule has 1 aromatic heterocycles. The Morgan fingerprint density at radius 1 is 1.28 bits per heavy atom. The van der Waals surface area contributed by atoms with Crippen LogP contribution in [0.1, 0.15) is 26.6 Å². The van der Waals surface area contributed by atoms with Gasteiger partial charge in [-0.3, -0.25) is 4.79 Å². The van der Waals surface area contributed by atoms with Crippen molar-refractivity contribution in [2.24, 2.45) is 5.73 Å². The molecular weight excluding hydrogens is 362 g/mol. The maximum atomic E-state index is 12.7. The van der Waals surface area contributed by atoms with Crippen LogP contribution in [-0.2, 0) is 19.4 Å². The number of carbonyl (C=O) groups is 1. The van der Waals surface area contributed by atoms with Gasteiger partial charge in [0.1, 0.15) is 5.69 Å². The molecule has 1 aromatic carbocycles. The monoisotopic (exact) mass is 383 g/mol. The highest BCUT2D eigenvalue weighted by molar-refractivity contribution is 7.09. The predicted octanol–water partition coefficient (Wildman–Crippen LogP) is 2.28. The first-order chi connectivity index (χ1) is 11.7. The summed E-state index contributed by atoms with van der Waals surface area (Å²) in [5, 5.41) is 2.72. The first-order valence-electron chi connectivity index (χ1n) is 7.83. The summed E-state index contributed by atoms with van der Waals surface area (Å²) in [5.41, 5.74) is 8.33. The van der Waals surface area contributed by atoms with E-state index in [0.717, 1.165) is 22.7 Å². The molecule has 136 valence electrons. The predicted molar refractivity (Wildman–Crippen MR) is 100 cm³/mol. The number of aromatic nitrogens is 1. The van der Waals surface area contributed by atoms with E-state index in [9.17, 15) is 4.79 Å². The van der Waals surface area contributed by atoms with Gasteiger partial charge in [-0.1, -0.05) is 0 Å². The SMILES string of the molecule is COc1cc2c(cc1OC)CN(C(=O)c1csc(CCN)n1)CC2.Cl. The van der Waals surface area contributed by atoms with Crippen LogP contribution in [-0.4, -0.2) is 43.1 Å². The first-order valence-corrected chi connectivity index (χ1v) is 8.71. The summed E-state index contributed by atoms with van der Waals surface area (Å²) >= 11 is 1.49. The molecule has 25 heavy (non-hydrogen) atoms. The Bertz CT molecular complexity index is 751. The fourth-order valence-electron chi connectivity index (χ4n) is 2.87. The summed E-state index contributed by atoms with van der Waals surface area (Å²) < 4.78 is 10.7. The summed E-state index contributed by atoms with van der Waals surface area (Å²) in [6, 6.07) is 3.95. The van der Waals surface area contributed by atoms with Crippen molar-refractivity contribution < 1.29 is 14.3 Å². The van der Waals surface area contributed by atoms with Crippen LogP contribution < -0.4 is 15.2 Å². The molecule has 8 heteroatoms. The lowest BCUT2D eigenvalue weighted by molar-refractivity contribution is 0.0729. The van der Waals surface area contributed by atoms with Gasteiger partial charge in [-0.15, -0.1) is 23.7 Å². The topological polar surface area (TPSA) is 77.7 Å². The zero-order valence-electron chi connectivity index (χ0n) is 14.3. The molecule has 0 spiro atoms. The molecule has 6 nitrogen and oxygen atoms in total. The minimum atomic E-state index is -0.0324. The van der Waals surface area contributed by atoms with E-state index in [1.165, 1.54) is 16.9 Å². The average molecular weight is 384 g/mol. The maximum Gasteiger partial charge on any atom is 0.273 e. The molecule has 1 amide bonds. The summed E-state index contributed by atoms with van der Waals surface area (Å²) in [4.78, 5) is 18.9. The molecule has 0 radical (unpaired) electrons. The van der Waals surface area contributed by atoms with Crippen LogP contribution in [0.2, 0.25) is 0 Å². The Kier molecular flexibility index (Phi) is 6.64. The van der Waals surface area contributed by atoms with Gasteiger partial charge in [0.05, 0.1) is 19.2 Å². The number of nitrogens with two attached hydrogens (primary N) is 1. The third-order valence-corrected chi connectivity index (χ3v) is 5.04. The van der Waals surface area contributed by atoms with Crippen molar-refractivity contribution in [2.45, 2.75) is 19.4 Å². The zero-order valence-corrected chi connectivity index (χ0v) is 15.9. The number of rotatable bonds is 5. The minimum Gasteiger partial charge on any atom is -0.493 e. The Balaban J connectivity index is 0.00000225. The fraction of sp³-hybridized carbons (Fsp3) is 0.412. The second kappa shape index (κ2) is 8.51. The summed E-state index contributed by atoms with van der Waals surface area (Å²) in [6.07, 6.45) is 1.50. The molecule has 0 aliphatic carbocycles.